The van der Waals surface area contributed by atoms with Crippen LogP contribution >= 0.6 is 0 Å². The molecule has 4 nitrogen and oxygen atoms in total. The van der Waals surface area contributed by atoms with Gasteiger partial charge in [-0.05, 0) is 43.4 Å². The van der Waals surface area contributed by atoms with Gasteiger partial charge in [0.1, 0.15) is 0 Å². The lowest BCUT2D eigenvalue weighted by atomic mass is 9.80. The Bertz CT molecular complexity index is 438. The van der Waals surface area contributed by atoms with Crippen LogP contribution < -0.4 is 10.6 Å². The maximum atomic E-state index is 12.1. The van der Waals surface area contributed by atoms with Gasteiger partial charge in [-0.25, -0.2) is 0 Å². The van der Waals surface area contributed by atoms with Crippen molar-refractivity contribution < 1.29 is 9.59 Å². The average molecular weight is 292 g/mol. The first-order valence-corrected chi connectivity index (χ1v) is 8.46. The van der Waals surface area contributed by atoms with Crippen molar-refractivity contribution in [1.82, 2.24) is 10.6 Å². The molecule has 0 unspecified atom stereocenters. The topological polar surface area (TPSA) is 58.2 Å². The van der Waals surface area contributed by atoms with E-state index in [0.29, 0.717) is 18.4 Å². The molecule has 118 valence electrons. The van der Waals surface area contributed by atoms with E-state index in [1.807, 2.05) is 0 Å². The Morgan fingerprint density at radius 1 is 1.05 bits per heavy atom. The average Bonchev–Trinajstić information content (AvgIpc) is 3.28. The normalized spacial score (nSPS) is 34.5. The molecule has 3 aliphatic carbocycles. The van der Waals surface area contributed by atoms with Crippen molar-refractivity contribution in [3.8, 4) is 0 Å². The monoisotopic (exact) mass is 292 g/mol. The van der Waals surface area contributed by atoms with Gasteiger partial charge in [-0.15, -0.1) is 0 Å². The van der Waals surface area contributed by atoms with Crippen LogP contribution in [-0.4, -0.2) is 24.4 Å². The van der Waals surface area contributed by atoms with Crippen LogP contribution in [0.5, 0.6) is 0 Å². The summed E-state index contributed by atoms with van der Waals surface area (Å²) in [5.74, 6) is 1.75. The van der Waals surface area contributed by atoms with Crippen molar-refractivity contribution in [1.29, 1.82) is 0 Å². The Kier molecular flexibility index (Phi) is 3.74. The highest BCUT2D eigenvalue weighted by Gasteiger charge is 2.48. The van der Waals surface area contributed by atoms with E-state index >= 15 is 0 Å². The van der Waals surface area contributed by atoms with Gasteiger partial charge in [-0.2, -0.15) is 0 Å². The van der Waals surface area contributed by atoms with E-state index in [1.165, 1.54) is 0 Å². The first kappa shape index (κ1) is 14.9. The molecule has 0 bridgehead atoms. The van der Waals surface area contributed by atoms with Crippen molar-refractivity contribution in [2.24, 2.45) is 29.1 Å². The number of hydrogen-bond acceptors (Lipinski definition) is 2. The van der Waals surface area contributed by atoms with E-state index in [4.69, 9.17) is 0 Å². The Morgan fingerprint density at radius 3 is 2.19 bits per heavy atom. The van der Waals surface area contributed by atoms with Crippen LogP contribution in [0.25, 0.3) is 0 Å². The van der Waals surface area contributed by atoms with Crippen LogP contribution in [0.3, 0.4) is 0 Å². The molecular weight excluding hydrogens is 264 g/mol. The first-order chi connectivity index (χ1) is 9.88. The van der Waals surface area contributed by atoms with Crippen molar-refractivity contribution >= 4 is 11.8 Å². The second-order valence-corrected chi connectivity index (χ2v) is 8.10. The number of carbonyl (C=O) groups excluding carboxylic acids is 2. The standard InChI is InChI=1S/C17H28N2O2/c1-10-8-17(2,3)13(9-18-15(20)11-4-5-11)14(10)19-16(21)12-6-7-12/h10-14H,4-9H2,1-3H3,(H,18,20)(H,19,21)/t10-,13+,14+/m1/s1. The first-order valence-electron chi connectivity index (χ1n) is 8.46. The molecule has 3 saturated carbocycles. The maximum absolute atomic E-state index is 12.1. The van der Waals surface area contributed by atoms with Crippen LogP contribution in [0.2, 0.25) is 0 Å². The molecular formula is C17H28N2O2. The smallest absolute Gasteiger partial charge is 0.223 e. The summed E-state index contributed by atoms with van der Waals surface area (Å²) in [7, 11) is 0. The number of carbonyl (C=O) groups is 2. The summed E-state index contributed by atoms with van der Waals surface area (Å²) in [6, 6.07) is 0.201. The lowest BCUT2D eigenvalue weighted by Gasteiger charge is -2.31. The van der Waals surface area contributed by atoms with Gasteiger partial charge < -0.3 is 10.6 Å². The molecule has 3 aliphatic rings. The van der Waals surface area contributed by atoms with Gasteiger partial charge >= 0.3 is 0 Å². The maximum Gasteiger partial charge on any atom is 0.223 e. The third-order valence-electron chi connectivity index (χ3n) is 5.60. The summed E-state index contributed by atoms with van der Waals surface area (Å²) in [6.45, 7) is 7.45. The fourth-order valence-electron chi connectivity index (χ4n) is 3.97. The molecule has 0 aliphatic heterocycles. The van der Waals surface area contributed by atoms with Gasteiger partial charge in [-0.3, -0.25) is 9.59 Å². The highest BCUT2D eigenvalue weighted by atomic mass is 16.2. The predicted molar refractivity (Wildman–Crippen MR) is 81.4 cm³/mol. The highest BCUT2D eigenvalue weighted by Crippen LogP contribution is 2.46. The fourth-order valence-corrected chi connectivity index (χ4v) is 3.97. The van der Waals surface area contributed by atoms with Gasteiger partial charge in [-0.1, -0.05) is 20.8 Å². The molecule has 0 radical (unpaired) electrons. The molecule has 3 atom stereocenters. The van der Waals surface area contributed by atoms with Crippen LogP contribution in [0.4, 0.5) is 0 Å². The molecule has 4 heteroatoms. The minimum absolute atomic E-state index is 0.164. The molecule has 0 saturated heterocycles. The second kappa shape index (κ2) is 5.29. The van der Waals surface area contributed by atoms with E-state index in [-0.39, 0.29) is 35.1 Å². The quantitative estimate of drug-likeness (QED) is 0.815. The minimum Gasteiger partial charge on any atom is -0.355 e. The highest BCUT2D eigenvalue weighted by molar-refractivity contribution is 5.81. The molecule has 0 aromatic heterocycles. The molecule has 21 heavy (non-hydrogen) atoms. The number of nitrogens with one attached hydrogen (secondary N) is 2. The SMILES string of the molecule is C[C@@H]1CC(C)(C)[C@@H](CNC(=O)C2CC2)[C@H]1NC(=O)C1CC1. The van der Waals surface area contributed by atoms with E-state index in [1.54, 1.807) is 0 Å². The summed E-state index contributed by atoms with van der Waals surface area (Å²) < 4.78 is 0. The van der Waals surface area contributed by atoms with Crippen molar-refractivity contribution in [2.75, 3.05) is 6.54 Å². The minimum atomic E-state index is 0.164. The fraction of sp³-hybridized carbons (Fsp3) is 0.882. The Labute approximate surface area is 127 Å². The van der Waals surface area contributed by atoms with Crippen LogP contribution in [0, 0.1) is 29.1 Å². The summed E-state index contributed by atoms with van der Waals surface area (Å²) in [5.41, 5.74) is 0.164. The summed E-state index contributed by atoms with van der Waals surface area (Å²) in [5, 5.41) is 6.40. The second-order valence-electron chi connectivity index (χ2n) is 8.10. The summed E-state index contributed by atoms with van der Waals surface area (Å²) in [6.07, 6.45) is 5.27. The van der Waals surface area contributed by atoms with Gasteiger partial charge in [0.25, 0.3) is 0 Å². The van der Waals surface area contributed by atoms with E-state index in [2.05, 4.69) is 31.4 Å². The zero-order valence-corrected chi connectivity index (χ0v) is 13.4. The molecule has 0 aromatic carbocycles. The van der Waals surface area contributed by atoms with Gasteiger partial charge in [0.2, 0.25) is 11.8 Å². The lowest BCUT2D eigenvalue weighted by Crippen LogP contribution is -2.47. The van der Waals surface area contributed by atoms with Crippen molar-refractivity contribution in [3.63, 3.8) is 0 Å². The Balaban J connectivity index is 1.62. The van der Waals surface area contributed by atoms with Crippen molar-refractivity contribution in [2.45, 2.75) is 58.9 Å². The van der Waals surface area contributed by atoms with Gasteiger partial charge in [0.15, 0.2) is 0 Å². The van der Waals surface area contributed by atoms with Crippen LogP contribution in [0.15, 0.2) is 0 Å². The summed E-state index contributed by atoms with van der Waals surface area (Å²) in [4.78, 5) is 24.0. The zero-order valence-electron chi connectivity index (χ0n) is 13.4. The predicted octanol–water partition coefficient (Wildman–Crippen LogP) is 2.09. The third-order valence-corrected chi connectivity index (χ3v) is 5.60. The largest absolute Gasteiger partial charge is 0.355 e. The third kappa shape index (κ3) is 3.24. The van der Waals surface area contributed by atoms with E-state index < -0.39 is 0 Å². The van der Waals surface area contributed by atoms with E-state index in [0.717, 1.165) is 32.1 Å². The van der Waals surface area contributed by atoms with E-state index in [9.17, 15) is 9.59 Å². The molecule has 0 heterocycles. The van der Waals surface area contributed by atoms with Gasteiger partial charge in [0, 0.05) is 30.3 Å². The molecule has 3 rings (SSSR count). The molecule has 0 spiro atoms. The number of rotatable bonds is 5. The number of hydrogen-bond donors (Lipinski definition) is 2. The lowest BCUT2D eigenvalue weighted by molar-refractivity contribution is -0.123. The van der Waals surface area contributed by atoms with Crippen molar-refractivity contribution in [3.05, 3.63) is 0 Å². The Hall–Kier alpha value is -1.06. The number of amides is 2. The molecule has 3 fully saturated rings. The Morgan fingerprint density at radius 2 is 1.62 bits per heavy atom. The molecule has 2 amide bonds. The zero-order chi connectivity index (χ0) is 15.2. The van der Waals surface area contributed by atoms with Gasteiger partial charge in [0.05, 0.1) is 0 Å². The van der Waals surface area contributed by atoms with Crippen LogP contribution in [-0.2, 0) is 9.59 Å². The summed E-state index contributed by atoms with van der Waals surface area (Å²) >= 11 is 0. The molecule has 2 N–H and O–H groups in total. The molecule has 0 aromatic rings. The van der Waals surface area contributed by atoms with Crippen LogP contribution in [0.1, 0.15) is 52.9 Å².